The first-order valence-corrected chi connectivity index (χ1v) is 9.01. The van der Waals surface area contributed by atoms with Crippen molar-refractivity contribution in [2.24, 2.45) is 0 Å². The molecule has 1 aliphatic heterocycles. The molecule has 0 spiro atoms. The fraction of sp³-hybridized carbons (Fsp3) is 0.579. The highest BCUT2D eigenvalue weighted by Crippen LogP contribution is 2.28. The summed E-state index contributed by atoms with van der Waals surface area (Å²) < 4.78 is 11.0. The number of nitrogens with one attached hydrogen (secondary N) is 1. The van der Waals surface area contributed by atoms with Gasteiger partial charge in [-0.3, -0.25) is 4.79 Å². The maximum Gasteiger partial charge on any atom is 0.257 e. The van der Waals surface area contributed by atoms with Crippen LogP contribution in [0.2, 0.25) is 0 Å². The summed E-state index contributed by atoms with van der Waals surface area (Å²) in [7, 11) is 0. The zero-order chi connectivity index (χ0) is 17.9. The van der Waals surface area contributed by atoms with Gasteiger partial charge in [0.1, 0.15) is 0 Å². The second-order valence-corrected chi connectivity index (χ2v) is 6.10. The minimum Gasteiger partial charge on any atom is -0.490 e. The summed E-state index contributed by atoms with van der Waals surface area (Å²) in [5.74, 6) is 0.814. The van der Waals surface area contributed by atoms with Gasteiger partial charge in [0.2, 0.25) is 0 Å². The van der Waals surface area contributed by atoms with Crippen LogP contribution < -0.4 is 14.8 Å². The van der Waals surface area contributed by atoms with E-state index in [1.807, 2.05) is 6.92 Å². The average molecular weight is 345 g/mol. The lowest BCUT2D eigenvalue weighted by Gasteiger charge is -2.26. The lowest BCUT2D eigenvalue weighted by Crippen LogP contribution is -2.34. The highest BCUT2D eigenvalue weighted by Gasteiger charge is 2.11. The number of carbonyl (C=O) groups is 1. The van der Waals surface area contributed by atoms with E-state index in [0.717, 1.165) is 13.0 Å². The maximum atomic E-state index is 11.9. The molecule has 1 saturated heterocycles. The number of nitriles is 1. The van der Waals surface area contributed by atoms with Crippen molar-refractivity contribution in [2.45, 2.75) is 32.6 Å². The van der Waals surface area contributed by atoms with Crippen molar-refractivity contribution in [1.82, 2.24) is 10.2 Å². The molecule has 1 fully saturated rings. The molecule has 1 amide bonds. The molecule has 1 aromatic rings. The van der Waals surface area contributed by atoms with Gasteiger partial charge >= 0.3 is 0 Å². The van der Waals surface area contributed by atoms with Gasteiger partial charge < -0.3 is 19.7 Å². The number of likely N-dealkylation sites (tertiary alicyclic amines) is 1. The summed E-state index contributed by atoms with van der Waals surface area (Å²) in [5.41, 5.74) is 0.498. The molecule has 0 saturated carbocycles. The Labute approximate surface area is 149 Å². The summed E-state index contributed by atoms with van der Waals surface area (Å²) in [5, 5.41) is 11.8. The Morgan fingerprint density at radius 1 is 1.24 bits per heavy atom. The lowest BCUT2D eigenvalue weighted by molar-refractivity contribution is -0.123. The van der Waals surface area contributed by atoms with Gasteiger partial charge in [-0.15, -0.1) is 0 Å². The summed E-state index contributed by atoms with van der Waals surface area (Å²) in [6, 6.07) is 6.99. The average Bonchev–Trinajstić information content (AvgIpc) is 2.65. The van der Waals surface area contributed by atoms with Gasteiger partial charge in [0.05, 0.1) is 18.2 Å². The topological polar surface area (TPSA) is 74.6 Å². The van der Waals surface area contributed by atoms with Crippen LogP contribution in [0.3, 0.4) is 0 Å². The van der Waals surface area contributed by atoms with Crippen molar-refractivity contribution >= 4 is 5.91 Å². The number of amides is 1. The van der Waals surface area contributed by atoms with E-state index < -0.39 is 0 Å². The van der Waals surface area contributed by atoms with E-state index in [1.165, 1.54) is 32.4 Å². The van der Waals surface area contributed by atoms with E-state index in [4.69, 9.17) is 14.7 Å². The monoisotopic (exact) mass is 345 g/mol. The quantitative estimate of drug-likeness (QED) is 0.695. The van der Waals surface area contributed by atoms with Gasteiger partial charge in [0.15, 0.2) is 18.1 Å². The molecule has 0 aliphatic carbocycles. The number of piperidine rings is 1. The molecule has 2 rings (SSSR count). The van der Waals surface area contributed by atoms with Gasteiger partial charge in [-0.1, -0.05) is 6.42 Å². The van der Waals surface area contributed by atoms with Gasteiger partial charge in [0, 0.05) is 12.6 Å². The Morgan fingerprint density at radius 2 is 2.04 bits per heavy atom. The van der Waals surface area contributed by atoms with Crippen molar-refractivity contribution in [3.63, 3.8) is 0 Å². The summed E-state index contributed by atoms with van der Waals surface area (Å²) in [6.45, 7) is 6.31. The van der Waals surface area contributed by atoms with Crippen LogP contribution in [-0.4, -0.2) is 50.2 Å². The molecule has 6 heteroatoms. The van der Waals surface area contributed by atoms with E-state index >= 15 is 0 Å². The maximum absolute atomic E-state index is 11.9. The number of ether oxygens (including phenoxy) is 2. The number of hydrogen-bond donors (Lipinski definition) is 1. The number of carbonyl (C=O) groups excluding carboxylic acids is 1. The van der Waals surface area contributed by atoms with Gasteiger partial charge in [0.25, 0.3) is 5.91 Å². The predicted molar refractivity (Wildman–Crippen MR) is 95.7 cm³/mol. The zero-order valence-corrected chi connectivity index (χ0v) is 14.9. The molecule has 1 heterocycles. The fourth-order valence-electron chi connectivity index (χ4n) is 2.87. The fourth-order valence-corrected chi connectivity index (χ4v) is 2.87. The largest absolute Gasteiger partial charge is 0.490 e. The van der Waals surface area contributed by atoms with Crippen LogP contribution in [0, 0.1) is 11.3 Å². The molecule has 0 atom stereocenters. The Kier molecular flexibility index (Phi) is 8.06. The summed E-state index contributed by atoms with van der Waals surface area (Å²) in [4.78, 5) is 14.4. The number of benzene rings is 1. The summed E-state index contributed by atoms with van der Waals surface area (Å²) >= 11 is 0. The van der Waals surface area contributed by atoms with Crippen molar-refractivity contribution in [3.05, 3.63) is 23.8 Å². The lowest BCUT2D eigenvalue weighted by atomic mass is 10.1. The van der Waals surface area contributed by atoms with E-state index in [1.54, 1.807) is 18.2 Å². The van der Waals surface area contributed by atoms with Crippen LogP contribution >= 0.6 is 0 Å². The first-order chi connectivity index (χ1) is 12.2. The van der Waals surface area contributed by atoms with Gasteiger partial charge in [-0.05, 0) is 58.0 Å². The molecule has 6 nitrogen and oxygen atoms in total. The Morgan fingerprint density at radius 3 is 2.76 bits per heavy atom. The molecular formula is C19H27N3O3. The molecule has 1 aliphatic rings. The van der Waals surface area contributed by atoms with Gasteiger partial charge in [-0.25, -0.2) is 0 Å². The highest BCUT2D eigenvalue weighted by atomic mass is 16.5. The summed E-state index contributed by atoms with van der Waals surface area (Å²) in [6.07, 6.45) is 4.86. The standard InChI is InChI=1S/C19H27N3O3/c1-2-24-18-13-16(14-20)7-8-17(18)25-15-19(23)21-9-6-12-22-10-4-3-5-11-22/h7-8,13H,2-6,9-12,15H2,1H3,(H,21,23). The first-order valence-electron chi connectivity index (χ1n) is 9.01. The van der Waals surface area contributed by atoms with E-state index in [0.29, 0.717) is 30.2 Å². The highest BCUT2D eigenvalue weighted by molar-refractivity contribution is 5.77. The van der Waals surface area contributed by atoms with Crippen LogP contribution in [0.1, 0.15) is 38.2 Å². The third-order valence-corrected chi connectivity index (χ3v) is 4.15. The Balaban J connectivity index is 1.69. The molecule has 0 radical (unpaired) electrons. The SMILES string of the molecule is CCOc1cc(C#N)ccc1OCC(=O)NCCCN1CCCCC1. The third-order valence-electron chi connectivity index (χ3n) is 4.15. The minimum absolute atomic E-state index is 0.0598. The minimum atomic E-state index is -0.148. The second-order valence-electron chi connectivity index (χ2n) is 6.10. The normalized spacial score (nSPS) is 14.6. The van der Waals surface area contributed by atoms with Crippen molar-refractivity contribution < 1.29 is 14.3 Å². The Bertz CT molecular complexity index is 592. The predicted octanol–water partition coefficient (Wildman–Crippen LogP) is 2.33. The number of rotatable bonds is 9. The van der Waals surface area contributed by atoms with Gasteiger partial charge in [-0.2, -0.15) is 5.26 Å². The van der Waals surface area contributed by atoms with Crippen molar-refractivity contribution in [2.75, 3.05) is 39.4 Å². The molecule has 0 bridgehead atoms. The van der Waals surface area contributed by atoms with E-state index in [-0.39, 0.29) is 12.5 Å². The van der Waals surface area contributed by atoms with Crippen LogP contribution in [-0.2, 0) is 4.79 Å². The molecule has 1 N–H and O–H groups in total. The smallest absolute Gasteiger partial charge is 0.257 e. The molecule has 1 aromatic carbocycles. The van der Waals surface area contributed by atoms with Crippen molar-refractivity contribution in [1.29, 1.82) is 5.26 Å². The van der Waals surface area contributed by atoms with Crippen LogP contribution in [0.25, 0.3) is 0 Å². The zero-order valence-electron chi connectivity index (χ0n) is 14.9. The number of hydrogen-bond acceptors (Lipinski definition) is 5. The van der Waals surface area contributed by atoms with Crippen LogP contribution in [0.5, 0.6) is 11.5 Å². The van der Waals surface area contributed by atoms with E-state index in [9.17, 15) is 4.79 Å². The third kappa shape index (κ3) is 6.63. The molecule has 0 aromatic heterocycles. The molecule has 136 valence electrons. The van der Waals surface area contributed by atoms with Crippen LogP contribution in [0.15, 0.2) is 18.2 Å². The molecule has 0 unspecified atom stereocenters. The molecular weight excluding hydrogens is 318 g/mol. The Hall–Kier alpha value is -2.26. The second kappa shape index (κ2) is 10.6. The van der Waals surface area contributed by atoms with E-state index in [2.05, 4.69) is 16.3 Å². The molecule has 25 heavy (non-hydrogen) atoms. The van der Waals surface area contributed by atoms with Crippen molar-refractivity contribution in [3.8, 4) is 17.6 Å². The van der Waals surface area contributed by atoms with Crippen LogP contribution in [0.4, 0.5) is 0 Å². The first kappa shape index (κ1) is 19.1. The number of nitrogens with zero attached hydrogens (tertiary/aromatic N) is 2.